The second-order valence-corrected chi connectivity index (χ2v) is 7.45. The number of Topliss-reactive ketones (excluding diaryl/α,β-unsaturated/α-hetero) is 1. The van der Waals surface area contributed by atoms with Crippen molar-refractivity contribution in [3.63, 3.8) is 0 Å². The van der Waals surface area contributed by atoms with Crippen LogP contribution < -0.4 is 14.8 Å². The van der Waals surface area contributed by atoms with Gasteiger partial charge in [-0.05, 0) is 24.8 Å². The molecule has 1 unspecified atom stereocenters. The van der Waals surface area contributed by atoms with Gasteiger partial charge in [-0.1, -0.05) is 26.0 Å². The predicted molar refractivity (Wildman–Crippen MR) is 94.7 cm³/mol. The number of hydrogen-bond donors (Lipinski definition) is 1. The lowest BCUT2D eigenvalue weighted by molar-refractivity contribution is -0.122. The number of rotatable bonds is 4. The van der Waals surface area contributed by atoms with Gasteiger partial charge >= 0.3 is 0 Å². The third-order valence-corrected chi connectivity index (χ3v) is 4.84. The molecule has 0 fully saturated rings. The van der Waals surface area contributed by atoms with Gasteiger partial charge in [0.15, 0.2) is 17.3 Å². The van der Waals surface area contributed by atoms with Crippen LogP contribution in [0.3, 0.4) is 0 Å². The zero-order valence-corrected chi connectivity index (χ0v) is 15.3. The molecule has 0 saturated carbocycles. The Morgan fingerprint density at radius 3 is 2.68 bits per heavy atom. The normalized spacial score (nSPS) is 22.3. The molecule has 1 N–H and O–H groups in total. The van der Waals surface area contributed by atoms with Gasteiger partial charge in [0, 0.05) is 35.6 Å². The van der Waals surface area contributed by atoms with Crippen LogP contribution >= 0.6 is 0 Å². The topological polar surface area (TPSA) is 64.6 Å². The summed E-state index contributed by atoms with van der Waals surface area (Å²) in [7, 11) is 1.59. The van der Waals surface area contributed by atoms with E-state index in [-0.39, 0.29) is 29.4 Å². The van der Waals surface area contributed by atoms with Crippen molar-refractivity contribution in [1.82, 2.24) is 5.32 Å². The van der Waals surface area contributed by atoms with E-state index in [2.05, 4.69) is 19.2 Å². The summed E-state index contributed by atoms with van der Waals surface area (Å²) in [5, 5.41) is 2.93. The van der Waals surface area contributed by atoms with Crippen LogP contribution in [0.2, 0.25) is 0 Å². The molecule has 1 aromatic carbocycles. The first-order valence-electron chi connectivity index (χ1n) is 8.72. The number of benzene rings is 1. The Hall–Kier alpha value is -2.30. The number of amides is 1. The number of ketones is 1. The van der Waals surface area contributed by atoms with Crippen LogP contribution in [0.15, 0.2) is 29.5 Å². The average Bonchev–Trinajstić information content (AvgIpc) is 2.52. The highest BCUT2D eigenvalue weighted by atomic mass is 16.5. The molecule has 5 heteroatoms. The summed E-state index contributed by atoms with van der Waals surface area (Å²) in [6.45, 7) is 6.51. The van der Waals surface area contributed by atoms with Crippen LogP contribution in [0.1, 0.15) is 51.5 Å². The van der Waals surface area contributed by atoms with Crippen LogP contribution in [-0.4, -0.2) is 25.4 Å². The Kier molecular flexibility index (Phi) is 4.58. The molecule has 134 valence electrons. The molecular formula is C20H25NO4. The Morgan fingerprint density at radius 2 is 2.00 bits per heavy atom. The minimum absolute atomic E-state index is 0.0560. The zero-order chi connectivity index (χ0) is 18.2. The van der Waals surface area contributed by atoms with E-state index in [0.717, 1.165) is 16.8 Å². The molecule has 1 aromatic rings. The van der Waals surface area contributed by atoms with Crippen molar-refractivity contribution >= 4 is 11.7 Å². The number of para-hydroxylation sites is 1. The standard InChI is InChI=1S/C20H25NO4/c1-5-25-19-12(7-6-8-16(19)24-4)13-9-17(23)21-14-10-20(2,3)11-15(22)18(13)14/h6-8,13H,5,9-11H2,1-4H3,(H,21,23). The van der Waals surface area contributed by atoms with Gasteiger partial charge in [-0.15, -0.1) is 0 Å². The summed E-state index contributed by atoms with van der Waals surface area (Å²) in [5.74, 6) is 1.01. The van der Waals surface area contributed by atoms with Gasteiger partial charge in [0.2, 0.25) is 5.91 Å². The summed E-state index contributed by atoms with van der Waals surface area (Å²) in [4.78, 5) is 25.2. The molecule has 1 aliphatic carbocycles. The largest absolute Gasteiger partial charge is 0.493 e. The van der Waals surface area contributed by atoms with Crippen LogP contribution in [0.25, 0.3) is 0 Å². The number of hydrogen-bond acceptors (Lipinski definition) is 4. The minimum Gasteiger partial charge on any atom is -0.493 e. The molecule has 5 nitrogen and oxygen atoms in total. The van der Waals surface area contributed by atoms with E-state index < -0.39 is 0 Å². The fourth-order valence-corrected chi connectivity index (χ4v) is 3.89. The number of allylic oxidation sites excluding steroid dienone is 2. The van der Waals surface area contributed by atoms with Crippen LogP contribution in [-0.2, 0) is 9.59 Å². The molecule has 2 aliphatic rings. The zero-order valence-electron chi connectivity index (χ0n) is 15.3. The molecule has 0 saturated heterocycles. The van der Waals surface area contributed by atoms with Crippen molar-refractivity contribution in [1.29, 1.82) is 0 Å². The van der Waals surface area contributed by atoms with Crippen LogP contribution in [0, 0.1) is 5.41 Å². The van der Waals surface area contributed by atoms with E-state index in [4.69, 9.17) is 9.47 Å². The molecule has 0 spiro atoms. The van der Waals surface area contributed by atoms with Crippen molar-refractivity contribution in [3.8, 4) is 11.5 Å². The van der Waals surface area contributed by atoms with Crippen LogP contribution in [0.5, 0.6) is 11.5 Å². The molecule has 25 heavy (non-hydrogen) atoms. The third kappa shape index (κ3) is 3.28. The summed E-state index contributed by atoms with van der Waals surface area (Å²) < 4.78 is 11.2. The molecule has 0 radical (unpaired) electrons. The number of methoxy groups -OCH3 is 1. The highest BCUT2D eigenvalue weighted by molar-refractivity contribution is 6.02. The summed E-state index contributed by atoms with van der Waals surface area (Å²) in [6.07, 6.45) is 1.44. The first-order chi connectivity index (χ1) is 11.9. The van der Waals surface area contributed by atoms with Crippen molar-refractivity contribution in [3.05, 3.63) is 35.0 Å². The number of carbonyl (C=O) groups is 2. The Morgan fingerprint density at radius 1 is 1.24 bits per heavy atom. The van der Waals surface area contributed by atoms with Gasteiger partial charge in [-0.25, -0.2) is 0 Å². The maximum absolute atomic E-state index is 12.9. The lowest BCUT2D eigenvalue weighted by atomic mass is 9.70. The molecular weight excluding hydrogens is 318 g/mol. The summed E-state index contributed by atoms with van der Waals surface area (Å²) in [6, 6.07) is 5.63. The quantitative estimate of drug-likeness (QED) is 0.911. The maximum Gasteiger partial charge on any atom is 0.225 e. The van der Waals surface area contributed by atoms with Crippen LogP contribution in [0.4, 0.5) is 0 Å². The fraction of sp³-hybridized carbons (Fsp3) is 0.500. The van der Waals surface area contributed by atoms with Crippen molar-refractivity contribution < 1.29 is 19.1 Å². The molecule has 0 bridgehead atoms. The molecule has 1 amide bonds. The predicted octanol–water partition coefficient (Wildman–Crippen LogP) is 3.34. The van der Waals surface area contributed by atoms with Gasteiger partial charge in [0.05, 0.1) is 13.7 Å². The highest BCUT2D eigenvalue weighted by Crippen LogP contribution is 2.47. The molecule has 1 heterocycles. The van der Waals surface area contributed by atoms with E-state index in [1.807, 2.05) is 25.1 Å². The number of nitrogens with one attached hydrogen (secondary N) is 1. The molecule has 1 aliphatic heterocycles. The first-order valence-corrected chi connectivity index (χ1v) is 8.72. The third-order valence-electron chi connectivity index (χ3n) is 4.84. The Balaban J connectivity index is 2.13. The van der Waals surface area contributed by atoms with E-state index in [0.29, 0.717) is 30.9 Å². The summed E-state index contributed by atoms with van der Waals surface area (Å²) in [5.41, 5.74) is 2.21. The highest BCUT2D eigenvalue weighted by Gasteiger charge is 2.41. The SMILES string of the molecule is CCOc1c(OC)cccc1C1CC(=O)NC2=C1C(=O)CC(C)(C)C2. The number of carbonyl (C=O) groups excluding carboxylic acids is 2. The lowest BCUT2D eigenvalue weighted by Gasteiger charge is -2.38. The molecule has 0 aromatic heterocycles. The van der Waals surface area contributed by atoms with Crippen molar-refractivity contribution in [2.45, 2.75) is 46.0 Å². The Bertz CT molecular complexity index is 748. The van der Waals surface area contributed by atoms with E-state index in [9.17, 15) is 9.59 Å². The van der Waals surface area contributed by atoms with Gasteiger partial charge in [-0.3, -0.25) is 9.59 Å². The monoisotopic (exact) mass is 343 g/mol. The Labute approximate surface area is 148 Å². The second-order valence-electron chi connectivity index (χ2n) is 7.45. The van der Waals surface area contributed by atoms with Gasteiger partial charge in [0.25, 0.3) is 0 Å². The molecule has 1 atom stereocenters. The maximum atomic E-state index is 12.9. The minimum atomic E-state index is -0.288. The van der Waals surface area contributed by atoms with Gasteiger partial charge in [-0.2, -0.15) is 0 Å². The lowest BCUT2D eigenvalue weighted by Crippen LogP contribution is -2.40. The van der Waals surface area contributed by atoms with Gasteiger partial charge < -0.3 is 14.8 Å². The van der Waals surface area contributed by atoms with E-state index in [1.54, 1.807) is 7.11 Å². The first kappa shape index (κ1) is 17.5. The van der Waals surface area contributed by atoms with Gasteiger partial charge in [0.1, 0.15) is 0 Å². The van der Waals surface area contributed by atoms with Crippen molar-refractivity contribution in [2.75, 3.05) is 13.7 Å². The average molecular weight is 343 g/mol. The van der Waals surface area contributed by atoms with E-state index >= 15 is 0 Å². The smallest absolute Gasteiger partial charge is 0.225 e. The summed E-state index contributed by atoms with van der Waals surface area (Å²) >= 11 is 0. The van der Waals surface area contributed by atoms with E-state index in [1.165, 1.54) is 0 Å². The van der Waals surface area contributed by atoms with Crippen molar-refractivity contribution in [2.24, 2.45) is 5.41 Å². The molecule has 3 rings (SSSR count). The number of ether oxygens (including phenoxy) is 2. The fourth-order valence-electron chi connectivity index (χ4n) is 3.89. The second kappa shape index (κ2) is 6.54.